The fourth-order valence-corrected chi connectivity index (χ4v) is 4.36. The summed E-state index contributed by atoms with van der Waals surface area (Å²) >= 11 is 8.39. The van der Waals surface area contributed by atoms with Crippen LogP contribution in [0.15, 0.2) is 4.21 Å². The molecular formula is C9H15ClN2O2S3. The first-order chi connectivity index (χ1) is 7.86. The van der Waals surface area contributed by atoms with Crippen LogP contribution < -0.4 is 4.72 Å². The normalized spacial score (nSPS) is 13.9. The number of thioether (sulfide) groups is 1. The van der Waals surface area contributed by atoms with Crippen LogP contribution in [0.4, 0.5) is 0 Å². The standard InChI is InChI=1S/C9H15ClN2O2S3/c1-6(15-3)4-5-11-17(13,14)8-7(2)12-9(10)16-8/h6,11H,4-5H2,1-3H3. The fraction of sp³-hybridized carbons (Fsp3) is 0.667. The summed E-state index contributed by atoms with van der Waals surface area (Å²) in [5.41, 5.74) is 0.449. The number of rotatable bonds is 6. The van der Waals surface area contributed by atoms with E-state index in [2.05, 4.69) is 16.6 Å². The molecule has 1 heterocycles. The summed E-state index contributed by atoms with van der Waals surface area (Å²) < 4.78 is 26.9. The van der Waals surface area contributed by atoms with Crippen molar-refractivity contribution in [1.29, 1.82) is 0 Å². The Hall–Kier alpha value is 0.180. The summed E-state index contributed by atoms with van der Waals surface area (Å²) in [4.78, 5) is 3.90. The van der Waals surface area contributed by atoms with Crippen molar-refractivity contribution in [2.45, 2.75) is 29.7 Å². The molecule has 0 aromatic carbocycles. The average molecular weight is 315 g/mol. The van der Waals surface area contributed by atoms with Gasteiger partial charge in [-0.15, -0.1) is 0 Å². The van der Waals surface area contributed by atoms with Crippen LogP contribution in [0.5, 0.6) is 0 Å². The molecule has 1 aromatic rings. The highest BCUT2D eigenvalue weighted by molar-refractivity contribution is 7.99. The van der Waals surface area contributed by atoms with E-state index in [-0.39, 0.29) is 8.68 Å². The lowest BCUT2D eigenvalue weighted by molar-refractivity contribution is 0.580. The first-order valence-electron chi connectivity index (χ1n) is 5.02. The molecule has 0 bridgehead atoms. The van der Waals surface area contributed by atoms with E-state index in [0.29, 0.717) is 17.5 Å². The molecule has 1 atom stereocenters. The van der Waals surface area contributed by atoms with Crippen molar-refractivity contribution >= 4 is 44.7 Å². The van der Waals surface area contributed by atoms with Gasteiger partial charge in [-0.25, -0.2) is 18.1 Å². The Balaban J connectivity index is 2.66. The maximum atomic E-state index is 11.9. The molecule has 98 valence electrons. The van der Waals surface area contributed by atoms with Crippen LogP contribution in [0.1, 0.15) is 19.0 Å². The maximum Gasteiger partial charge on any atom is 0.251 e. The highest BCUT2D eigenvalue weighted by Gasteiger charge is 2.20. The van der Waals surface area contributed by atoms with Crippen LogP contribution in [0.2, 0.25) is 4.47 Å². The molecule has 0 amide bonds. The summed E-state index contributed by atoms with van der Waals surface area (Å²) in [7, 11) is -3.46. The van der Waals surface area contributed by atoms with Gasteiger partial charge in [0.15, 0.2) is 8.68 Å². The third-order valence-electron chi connectivity index (χ3n) is 2.22. The Morgan fingerprint density at radius 1 is 1.59 bits per heavy atom. The summed E-state index contributed by atoms with van der Waals surface area (Å²) in [5, 5.41) is 0.434. The van der Waals surface area contributed by atoms with Gasteiger partial charge in [-0.05, 0) is 19.6 Å². The van der Waals surface area contributed by atoms with E-state index in [1.807, 2.05) is 6.26 Å². The first kappa shape index (κ1) is 15.2. The molecule has 0 spiro atoms. The molecule has 0 fully saturated rings. The zero-order chi connectivity index (χ0) is 13.1. The van der Waals surface area contributed by atoms with E-state index in [1.54, 1.807) is 18.7 Å². The summed E-state index contributed by atoms with van der Waals surface area (Å²) in [5.74, 6) is 0. The number of aromatic nitrogens is 1. The predicted octanol–water partition coefficient (Wildman–Crippen LogP) is 2.52. The summed E-state index contributed by atoms with van der Waals surface area (Å²) in [6.45, 7) is 4.13. The van der Waals surface area contributed by atoms with Gasteiger partial charge in [0.05, 0.1) is 5.69 Å². The van der Waals surface area contributed by atoms with Gasteiger partial charge >= 0.3 is 0 Å². The van der Waals surface area contributed by atoms with Gasteiger partial charge in [-0.1, -0.05) is 29.9 Å². The van der Waals surface area contributed by atoms with Crippen molar-refractivity contribution in [1.82, 2.24) is 9.71 Å². The smallest absolute Gasteiger partial charge is 0.229 e. The van der Waals surface area contributed by atoms with E-state index in [0.717, 1.165) is 17.8 Å². The second-order valence-corrected chi connectivity index (χ2v) is 8.39. The molecule has 4 nitrogen and oxygen atoms in total. The van der Waals surface area contributed by atoms with Crippen molar-refractivity contribution in [3.05, 3.63) is 10.2 Å². The van der Waals surface area contributed by atoms with Crippen LogP contribution in [-0.2, 0) is 10.0 Å². The van der Waals surface area contributed by atoms with Crippen LogP contribution in [-0.4, -0.2) is 31.5 Å². The van der Waals surface area contributed by atoms with Crippen molar-refractivity contribution in [3.63, 3.8) is 0 Å². The Labute approximate surface area is 115 Å². The number of aryl methyl sites for hydroxylation is 1. The molecule has 0 aliphatic heterocycles. The van der Waals surface area contributed by atoms with Crippen molar-refractivity contribution in [2.24, 2.45) is 0 Å². The number of sulfonamides is 1. The predicted molar refractivity (Wildman–Crippen MR) is 74.6 cm³/mol. The van der Waals surface area contributed by atoms with Crippen molar-refractivity contribution < 1.29 is 8.42 Å². The highest BCUT2D eigenvalue weighted by Crippen LogP contribution is 2.26. The number of thiazole rings is 1. The zero-order valence-electron chi connectivity index (χ0n) is 9.86. The fourth-order valence-electron chi connectivity index (χ4n) is 1.18. The first-order valence-corrected chi connectivity index (χ1v) is 8.98. The molecule has 1 aromatic heterocycles. The number of nitrogens with zero attached hydrogens (tertiary/aromatic N) is 1. The summed E-state index contributed by atoms with van der Waals surface area (Å²) in [6, 6.07) is 0. The van der Waals surface area contributed by atoms with Gasteiger partial charge < -0.3 is 0 Å². The number of hydrogen-bond acceptors (Lipinski definition) is 5. The van der Waals surface area contributed by atoms with E-state index in [4.69, 9.17) is 11.6 Å². The zero-order valence-corrected chi connectivity index (χ0v) is 13.1. The molecule has 0 saturated carbocycles. The molecule has 0 aliphatic carbocycles. The van der Waals surface area contributed by atoms with E-state index in [9.17, 15) is 8.42 Å². The molecule has 0 radical (unpaired) electrons. The van der Waals surface area contributed by atoms with Gasteiger partial charge in [-0.2, -0.15) is 11.8 Å². The Kier molecular flexibility index (Phi) is 5.72. The third-order valence-corrected chi connectivity index (χ3v) is 6.59. The lowest BCUT2D eigenvalue weighted by Crippen LogP contribution is -2.26. The Bertz CT molecular complexity index is 473. The largest absolute Gasteiger partial charge is 0.251 e. The minimum absolute atomic E-state index is 0.208. The second kappa shape index (κ2) is 6.38. The third kappa shape index (κ3) is 4.40. The molecule has 0 aliphatic rings. The monoisotopic (exact) mass is 314 g/mol. The van der Waals surface area contributed by atoms with Gasteiger partial charge in [0.25, 0.3) is 10.0 Å². The quantitative estimate of drug-likeness (QED) is 0.876. The number of halogens is 1. The molecule has 1 rings (SSSR count). The maximum absolute atomic E-state index is 11.9. The van der Waals surface area contributed by atoms with Crippen LogP contribution >= 0.6 is 34.7 Å². The SMILES string of the molecule is CSC(C)CCNS(=O)(=O)c1sc(Cl)nc1C. The molecule has 17 heavy (non-hydrogen) atoms. The Morgan fingerprint density at radius 2 is 2.24 bits per heavy atom. The van der Waals surface area contributed by atoms with Gasteiger partial charge in [-0.3, -0.25) is 0 Å². The van der Waals surface area contributed by atoms with Crippen LogP contribution in [0, 0.1) is 6.92 Å². The Morgan fingerprint density at radius 3 is 2.71 bits per heavy atom. The molecule has 1 unspecified atom stereocenters. The van der Waals surface area contributed by atoms with Crippen LogP contribution in [0.25, 0.3) is 0 Å². The number of hydrogen-bond donors (Lipinski definition) is 1. The number of nitrogens with one attached hydrogen (secondary N) is 1. The van der Waals surface area contributed by atoms with Crippen molar-refractivity contribution in [2.75, 3.05) is 12.8 Å². The molecule has 0 saturated heterocycles. The lowest BCUT2D eigenvalue weighted by Gasteiger charge is -2.08. The van der Waals surface area contributed by atoms with E-state index < -0.39 is 10.0 Å². The van der Waals surface area contributed by atoms with Crippen LogP contribution in [0.3, 0.4) is 0 Å². The van der Waals surface area contributed by atoms with Crippen molar-refractivity contribution in [3.8, 4) is 0 Å². The van der Waals surface area contributed by atoms with Gasteiger partial charge in [0.2, 0.25) is 0 Å². The summed E-state index contributed by atoms with van der Waals surface area (Å²) in [6.07, 6.45) is 2.80. The highest BCUT2D eigenvalue weighted by atomic mass is 35.5. The van der Waals surface area contributed by atoms with E-state index in [1.165, 1.54) is 0 Å². The lowest BCUT2D eigenvalue weighted by atomic mass is 10.3. The van der Waals surface area contributed by atoms with Gasteiger partial charge in [0.1, 0.15) is 0 Å². The molecule has 1 N–H and O–H groups in total. The average Bonchev–Trinajstić information content (AvgIpc) is 2.58. The minimum Gasteiger partial charge on any atom is -0.229 e. The molecule has 8 heteroatoms. The van der Waals surface area contributed by atoms with E-state index >= 15 is 0 Å². The minimum atomic E-state index is -3.46. The van der Waals surface area contributed by atoms with Gasteiger partial charge in [0, 0.05) is 11.8 Å². The second-order valence-electron chi connectivity index (χ2n) is 3.57. The topological polar surface area (TPSA) is 59.1 Å². The molecular weight excluding hydrogens is 300 g/mol.